The summed E-state index contributed by atoms with van der Waals surface area (Å²) in [6.45, 7) is 9.57. The third-order valence-electron chi connectivity index (χ3n) is 6.16. The SMILES string of the molecule is CCCCCN1CC[C@@]2(C)c3cc(O)ccc3C[C@@H]1[C@@H]2C. The summed E-state index contributed by atoms with van der Waals surface area (Å²) in [5.74, 6) is 1.09. The van der Waals surface area contributed by atoms with Gasteiger partial charge in [-0.2, -0.15) is 0 Å². The van der Waals surface area contributed by atoms with Crippen molar-refractivity contribution in [1.82, 2.24) is 4.90 Å². The van der Waals surface area contributed by atoms with E-state index < -0.39 is 0 Å². The van der Waals surface area contributed by atoms with Crippen LogP contribution in [0.1, 0.15) is 57.6 Å². The van der Waals surface area contributed by atoms with Crippen LogP contribution in [0, 0.1) is 5.92 Å². The van der Waals surface area contributed by atoms with Crippen LogP contribution in [0.15, 0.2) is 18.2 Å². The van der Waals surface area contributed by atoms with Crippen molar-refractivity contribution in [1.29, 1.82) is 0 Å². The summed E-state index contributed by atoms with van der Waals surface area (Å²) in [6, 6.07) is 6.71. The molecule has 3 rings (SSSR count). The Kier molecular flexibility index (Phi) is 4.00. The van der Waals surface area contributed by atoms with E-state index in [0.717, 1.165) is 6.42 Å². The number of fused-ring (bicyclic) bond motifs is 4. The molecule has 1 fully saturated rings. The minimum atomic E-state index is 0.234. The molecule has 2 bridgehead atoms. The smallest absolute Gasteiger partial charge is 0.115 e. The fraction of sp³-hybridized carbons (Fsp3) is 0.684. The van der Waals surface area contributed by atoms with Crippen molar-refractivity contribution in [3.8, 4) is 5.75 Å². The quantitative estimate of drug-likeness (QED) is 0.843. The predicted molar refractivity (Wildman–Crippen MR) is 87.8 cm³/mol. The summed E-state index contributed by atoms with van der Waals surface area (Å²) in [4.78, 5) is 2.73. The molecule has 1 aliphatic heterocycles. The number of unbranched alkanes of at least 4 members (excludes halogenated alkanes) is 2. The molecule has 2 aliphatic rings. The number of rotatable bonds is 4. The third-order valence-corrected chi connectivity index (χ3v) is 6.16. The normalized spacial score (nSPS) is 32.0. The lowest BCUT2D eigenvalue weighted by Gasteiger charge is -2.54. The Morgan fingerprint density at radius 1 is 1.33 bits per heavy atom. The number of phenols is 1. The number of hydrogen-bond acceptors (Lipinski definition) is 2. The molecule has 0 unspecified atom stereocenters. The van der Waals surface area contributed by atoms with Crippen molar-refractivity contribution >= 4 is 0 Å². The molecule has 0 radical (unpaired) electrons. The second kappa shape index (κ2) is 5.64. The minimum Gasteiger partial charge on any atom is -0.508 e. The molecule has 2 heteroatoms. The van der Waals surface area contributed by atoms with Gasteiger partial charge in [-0.05, 0) is 66.9 Å². The molecule has 0 amide bonds. The molecule has 1 saturated heterocycles. The Labute approximate surface area is 129 Å². The van der Waals surface area contributed by atoms with Gasteiger partial charge in [0.05, 0.1) is 0 Å². The Bertz CT molecular complexity index is 512. The van der Waals surface area contributed by atoms with Crippen LogP contribution in [-0.4, -0.2) is 29.1 Å². The van der Waals surface area contributed by atoms with E-state index in [0.29, 0.717) is 17.7 Å². The highest BCUT2D eigenvalue weighted by atomic mass is 16.3. The Hall–Kier alpha value is -1.02. The zero-order valence-electron chi connectivity index (χ0n) is 13.7. The summed E-state index contributed by atoms with van der Waals surface area (Å²) in [5.41, 5.74) is 3.09. The largest absolute Gasteiger partial charge is 0.508 e. The summed E-state index contributed by atoms with van der Waals surface area (Å²) in [7, 11) is 0. The minimum absolute atomic E-state index is 0.234. The first-order valence-corrected chi connectivity index (χ1v) is 8.62. The summed E-state index contributed by atoms with van der Waals surface area (Å²) in [5, 5.41) is 9.87. The van der Waals surface area contributed by atoms with E-state index >= 15 is 0 Å². The zero-order valence-corrected chi connectivity index (χ0v) is 13.7. The van der Waals surface area contributed by atoms with Gasteiger partial charge in [0.1, 0.15) is 5.75 Å². The Balaban J connectivity index is 1.87. The van der Waals surface area contributed by atoms with Gasteiger partial charge < -0.3 is 5.11 Å². The van der Waals surface area contributed by atoms with Crippen LogP contribution < -0.4 is 0 Å². The summed E-state index contributed by atoms with van der Waals surface area (Å²) in [6.07, 6.45) is 6.35. The van der Waals surface area contributed by atoms with E-state index in [-0.39, 0.29) is 5.41 Å². The maximum Gasteiger partial charge on any atom is 0.115 e. The highest BCUT2D eigenvalue weighted by Crippen LogP contribution is 2.49. The summed E-state index contributed by atoms with van der Waals surface area (Å²) < 4.78 is 0. The van der Waals surface area contributed by atoms with Crippen LogP contribution in [-0.2, 0) is 11.8 Å². The van der Waals surface area contributed by atoms with Gasteiger partial charge in [-0.25, -0.2) is 0 Å². The molecule has 1 aliphatic carbocycles. The van der Waals surface area contributed by atoms with Crippen molar-refractivity contribution in [3.63, 3.8) is 0 Å². The number of benzene rings is 1. The lowest BCUT2D eigenvalue weighted by Crippen LogP contribution is -2.58. The van der Waals surface area contributed by atoms with Crippen molar-refractivity contribution in [2.75, 3.05) is 13.1 Å². The first kappa shape index (κ1) is 14.9. The Morgan fingerprint density at radius 3 is 2.90 bits per heavy atom. The second-order valence-corrected chi connectivity index (χ2v) is 7.31. The summed E-state index contributed by atoms with van der Waals surface area (Å²) >= 11 is 0. The van der Waals surface area contributed by atoms with E-state index in [1.54, 1.807) is 0 Å². The number of hydrogen-bond donors (Lipinski definition) is 1. The zero-order chi connectivity index (χ0) is 15.0. The number of likely N-dealkylation sites (tertiary alicyclic amines) is 1. The fourth-order valence-corrected chi connectivity index (χ4v) is 4.54. The van der Waals surface area contributed by atoms with E-state index in [2.05, 4.69) is 31.7 Å². The van der Waals surface area contributed by atoms with Crippen LogP contribution in [0.3, 0.4) is 0 Å². The topological polar surface area (TPSA) is 23.5 Å². The van der Waals surface area contributed by atoms with Crippen LogP contribution in [0.5, 0.6) is 5.75 Å². The van der Waals surface area contributed by atoms with Crippen molar-refractivity contribution < 1.29 is 5.11 Å². The van der Waals surface area contributed by atoms with Crippen molar-refractivity contribution in [3.05, 3.63) is 29.3 Å². The van der Waals surface area contributed by atoms with E-state index in [4.69, 9.17) is 0 Å². The van der Waals surface area contributed by atoms with Gasteiger partial charge in [0.2, 0.25) is 0 Å². The third kappa shape index (κ3) is 2.48. The van der Waals surface area contributed by atoms with Gasteiger partial charge in [-0.3, -0.25) is 4.90 Å². The van der Waals surface area contributed by atoms with Crippen molar-refractivity contribution in [2.24, 2.45) is 5.92 Å². The fourth-order valence-electron chi connectivity index (χ4n) is 4.54. The molecule has 21 heavy (non-hydrogen) atoms. The monoisotopic (exact) mass is 287 g/mol. The number of piperidine rings is 1. The lowest BCUT2D eigenvalue weighted by molar-refractivity contribution is 0.0303. The maximum absolute atomic E-state index is 9.87. The van der Waals surface area contributed by atoms with Crippen LogP contribution >= 0.6 is 0 Å². The first-order valence-electron chi connectivity index (χ1n) is 8.62. The molecule has 1 aromatic carbocycles. The van der Waals surface area contributed by atoms with Crippen LogP contribution in [0.4, 0.5) is 0 Å². The van der Waals surface area contributed by atoms with Crippen molar-refractivity contribution in [2.45, 2.75) is 64.3 Å². The molecule has 1 N–H and O–H groups in total. The molecule has 3 atom stereocenters. The molecule has 0 spiro atoms. The predicted octanol–water partition coefficient (Wildman–Crippen LogP) is 4.11. The number of aromatic hydroxyl groups is 1. The maximum atomic E-state index is 9.87. The van der Waals surface area contributed by atoms with Gasteiger partial charge in [0, 0.05) is 6.04 Å². The average molecular weight is 287 g/mol. The first-order chi connectivity index (χ1) is 10.1. The molecule has 1 aromatic rings. The lowest BCUT2D eigenvalue weighted by atomic mass is 9.59. The van der Waals surface area contributed by atoms with Gasteiger partial charge >= 0.3 is 0 Å². The second-order valence-electron chi connectivity index (χ2n) is 7.31. The van der Waals surface area contributed by atoms with Gasteiger partial charge in [-0.1, -0.05) is 39.7 Å². The number of nitrogens with zero attached hydrogens (tertiary/aromatic N) is 1. The average Bonchev–Trinajstić information content (AvgIpc) is 2.46. The number of phenolic OH excluding ortho intramolecular Hbond substituents is 1. The molecule has 0 saturated carbocycles. The van der Waals surface area contributed by atoms with Crippen LogP contribution in [0.25, 0.3) is 0 Å². The molecule has 116 valence electrons. The van der Waals surface area contributed by atoms with E-state index in [9.17, 15) is 5.11 Å². The van der Waals surface area contributed by atoms with Gasteiger partial charge in [0.25, 0.3) is 0 Å². The van der Waals surface area contributed by atoms with Crippen LogP contribution in [0.2, 0.25) is 0 Å². The Morgan fingerprint density at radius 2 is 2.14 bits per heavy atom. The van der Waals surface area contributed by atoms with E-state index in [1.165, 1.54) is 49.9 Å². The molecule has 0 aromatic heterocycles. The molecule has 2 nitrogen and oxygen atoms in total. The van der Waals surface area contributed by atoms with Gasteiger partial charge in [0.15, 0.2) is 0 Å². The van der Waals surface area contributed by atoms with Gasteiger partial charge in [-0.15, -0.1) is 0 Å². The highest BCUT2D eigenvalue weighted by molar-refractivity contribution is 5.44. The molecular formula is C19H29NO. The standard InChI is InChI=1S/C19H29NO/c1-4-5-6-10-20-11-9-19(3)14(2)18(20)12-15-7-8-16(21)13-17(15)19/h7-8,13-14,18,21H,4-6,9-12H2,1-3H3/t14-,18+,19+/m0/s1. The molecule has 1 heterocycles. The molecular weight excluding hydrogens is 258 g/mol. The highest BCUT2D eigenvalue weighted by Gasteiger charge is 2.48. The van der Waals surface area contributed by atoms with E-state index in [1.807, 2.05) is 12.1 Å².